The maximum absolute atomic E-state index is 13.3. The van der Waals surface area contributed by atoms with Crippen LogP contribution in [0.3, 0.4) is 0 Å². The predicted molar refractivity (Wildman–Crippen MR) is 111 cm³/mol. The first-order valence-electron chi connectivity index (χ1n) is 9.64. The molecule has 0 saturated carbocycles. The molecule has 0 aliphatic carbocycles. The smallest absolute Gasteiger partial charge is 0.295 e. The summed E-state index contributed by atoms with van der Waals surface area (Å²) < 4.78 is 5.12. The lowest BCUT2D eigenvalue weighted by Gasteiger charge is -2.27. The summed E-state index contributed by atoms with van der Waals surface area (Å²) in [6.45, 7) is 1.20. The van der Waals surface area contributed by atoms with Crippen LogP contribution in [0.15, 0.2) is 48.3 Å². The highest BCUT2D eigenvalue weighted by molar-refractivity contribution is 6.46. The highest BCUT2D eigenvalue weighted by atomic mass is 35.5. The molecule has 1 aliphatic heterocycles. The fourth-order valence-electron chi connectivity index (χ4n) is 3.55. The van der Waals surface area contributed by atoms with Gasteiger partial charge in [-0.05, 0) is 29.3 Å². The molecule has 1 unspecified atom stereocenters. The average Bonchev–Trinajstić information content (AvgIpc) is 2.98. The maximum Gasteiger partial charge on any atom is 0.295 e. The van der Waals surface area contributed by atoms with E-state index in [2.05, 4.69) is 4.98 Å². The first-order chi connectivity index (χ1) is 14.3. The largest absolute Gasteiger partial charge is 0.872 e. The summed E-state index contributed by atoms with van der Waals surface area (Å²) in [7, 11) is 5.51. The standard InChI is InChI=1S/C22H24ClN3O4/c1-25(2)10-5-11-26-19(15-6-4-9-24-13-15)18(21(28)22(26)29)20(27)14-7-8-17(30-3)16(23)12-14/h4,6-9,12-13,19,27H,5,10-11H2,1-3H3. The second-order valence-electron chi connectivity index (χ2n) is 7.42. The van der Waals surface area contributed by atoms with Gasteiger partial charge in [-0.3, -0.25) is 14.6 Å². The first kappa shape index (κ1) is 21.8. The highest BCUT2D eigenvalue weighted by Crippen LogP contribution is 2.39. The van der Waals surface area contributed by atoms with Crippen molar-refractivity contribution in [3.8, 4) is 5.75 Å². The molecule has 2 aromatic rings. The summed E-state index contributed by atoms with van der Waals surface area (Å²) in [4.78, 5) is 32.5. The van der Waals surface area contributed by atoms with Gasteiger partial charge in [-0.1, -0.05) is 29.5 Å². The molecule has 1 amide bonds. The summed E-state index contributed by atoms with van der Waals surface area (Å²) in [6, 6.07) is 7.26. The molecule has 1 aliphatic rings. The zero-order valence-corrected chi connectivity index (χ0v) is 17.9. The number of halogens is 1. The third-order valence-electron chi connectivity index (χ3n) is 5.02. The van der Waals surface area contributed by atoms with E-state index in [1.807, 2.05) is 14.1 Å². The summed E-state index contributed by atoms with van der Waals surface area (Å²) in [5.74, 6) is -1.55. The van der Waals surface area contributed by atoms with Crippen molar-refractivity contribution in [2.45, 2.75) is 12.5 Å². The minimum atomic E-state index is -0.780. The van der Waals surface area contributed by atoms with Crippen LogP contribution in [-0.4, -0.2) is 55.9 Å². The summed E-state index contributed by atoms with van der Waals surface area (Å²) in [5.41, 5.74) is 0.772. The number of carbonyl (C=O) groups excluding carboxylic acids is 2. The zero-order chi connectivity index (χ0) is 21.8. The Hall–Kier alpha value is -2.90. The van der Waals surface area contributed by atoms with Crippen molar-refractivity contribution in [1.82, 2.24) is 9.88 Å². The Bertz CT molecular complexity index is 976. The van der Waals surface area contributed by atoms with E-state index < -0.39 is 23.5 Å². The number of Topliss-reactive ketones (excluding diaryl/α,β-unsaturated/α-hetero) is 1. The van der Waals surface area contributed by atoms with Crippen LogP contribution in [0.4, 0.5) is 0 Å². The molecule has 30 heavy (non-hydrogen) atoms. The Morgan fingerprint density at radius 1 is 1.30 bits per heavy atom. The van der Waals surface area contributed by atoms with Crippen LogP contribution < -0.4 is 14.7 Å². The summed E-state index contributed by atoms with van der Waals surface area (Å²) >= 11 is 6.16. The van der Waals surface area contributed by atoms with Gasteiger partial charge in [0.2, 0.25) is 5.78 Å². The Balaban J connectivity index is 2.08. The van der Waals surface area contributed by atoms with Crippen LogP contribution in [-0.2, 0) is 9.59 Å². The van der Waals surface area contributed by atoms with Gasteiger partial charge in [0.25, 0.3) is 5.91 Å². The van der Waals surface area contributed by atoms with Gasteiger partial charge in [-0.15, -0.1) is 0 Å². The van der Waals surface area contributed by atoms with E-state index in [0.717, 1.165) is 6.54 Å². The van der Waals surface area contributed by atoms with Crippen LogP contribution in [0.2, 0.25) is 5.02 Å². The van der Waals surface area contributed by atoms with Crippen molar-refractivity contribution in [2.75, 3.05) is 34.3 Å². The lowest BCUT2D eigenvalue weighted by Crippen LogP contribution is -3.05. The Labute approximate surface area is 180 Å². The van der Waals surface area contributed by atoms with Gasteiger partial charge in [0.1, 0.15) is 5.75 Å². The number of carbonyl (C=O) groups is 2. The summed E-state index contributed by atoms with van der Waals surface area (Å²) in [5, 5.41) is 13.6. The fourth-order valence-corrected chi connectivity index (χ4v) is 3.81. The van der Waals surface area contributed by atoms with Gasteiger partial charge < -0.3 is 19.6 Å². The van der Waals surface area contributed by atoms with Crippen molar-refractivity contribution in [3.63, 3.8) is 0 Å². The van der Waals surface area contributed by atoms with Gasteiger partial charge >= 0.3 is 0 Å². The van der Waals surface area contributed by atoms with E-state index in [1.54, 1.807) is 30.6 Å². The lowest BCUT2D eigenvalue weighted by molar-refractivity contribution is -0.858. The molecule has 3 rings (SSSR count). The molecule has 0 bridgehead atoms. The van der Waals surface area contributed by atoms with E-state index in [4.69, 9.17) is 16.3 Å². The van der Waals surface area contributed by atoms with Crippen molar-refractivity contribution < 1.29 is 24.3 Å². The molecule has 0 spiro atoms. The third-order valence-corrected chi connectivity index (χ3v) is 5.31. The van der Waals surface area contributed by atoms with Crippen LogP contribution in [0.25, 0.3) is 5.76 Å². The topological polar surface area (TPSA) is 87.0 Å². The van der Waals surface area contributed by atoms with Gasteiger partial charge in [-0.25, -0.2) is 0 Å². The third kappa shape index (κ3) is 4.32. The number of pyridine rings is 1. The molecule has 158 valence electrons. The van der Waals surface area contributed by atoms with Crippen molar-refractivity contribution in [2.24, 2.45) is 0 Å². The van der Waals surface area contributed by atoms with Gasteiger partial charge in [0.05, 0.1) is 38.8 Å². The second-order valence-corrected chi connectivity index (χ2v) is 7.83. The number of likely N-dealkylation sites (tertiary alicyclic amines) is 1. The van der Waals surface area contributed by atoms with Gasteiger partial charge in [0.15, 0.2) is 0 Å². The number of amides is 1. The number of quaternary nitrogens is 1. The van der Waals surface area contributed by atoms with Gasteiger partial charge in [-0.2, -0.15) is 0 Å². The SMILES string of the molecule is COc1ccc(C([O-])=C2C(=O)C(=O)N(CCC[NH+](C)C)C2c2cccnc2)cc1Cl. The number of ether oxygens (including phenoxy) is 1. The number of aromatic nitrogens is 1. The Morgan fingerprint density at radius 2 is 2.07 bits per heavy atom. The zero-order valence-electron chi connectivity index (χ0n) is 17.1. The molecule has 8 heteroatoms. The lowest BCUT2D eigenvalue weighted by atomic mass is 9.96. The monoisotopic (exact) mass is 429 g/mol. The quantitative estimate of drug-likeness (QED) is 0.393. The van der Waals surface area contributed by atoms with Crippen molar-refractivity contribution in [3.05, 3.63) is 64.4 Å². The first-order valence-corrected chi connectivity index (χ1v) is 10.0. The molecule has 1 aromatic carbocycles. The molecular formula is C22H24ClN3O4. The van der Waals surface area contributed by atoms with Crippen LogP contribution in [0.5, 0.6) is 5.75 Å². The van der Waals surface area contributed by atoms with Crippen molar-refractivity contribution >= 4 is 29.1 Å². The van der Waals surface area contributed by atoms with Crippen LogP contribution in [0.1, 0.15) is 23.6 Å². The molecule has 1 atom stereocenters. The number of benzene rings is 1. The average molecular weight is 430 g/mol. The van der Waals surface area contributed by atoms with E-state index in [-0.39, 0.29) is 16.2 Å². The van der Waals surface area contributed by atoms with E-state index in [1.165, 1.54) is 29.0 Å². The minimum absolute atomic E-state index is 0.0774. The maximum atomic E-state index is 13.3. The number of hydrogen-bond acceptors (Lipinski definition) is 5. The molecule has 2 heterocycles. The molecule has 0 radical (unpaired) electrons. The van der Waals surface area contributed by atoms with E-state index in [0.29, 0.717) is 24.3 Å². The molecule has 1 fully saturated rings. The Morgan fingerprint density at radius 3 is 2.67 bits per heavy atom. The number of nitrogens with one attached hydrogen (secondary N) is 1. The Kier molecular flexibility index (Phi) is 6.74. The number of ketones is 1. The van der Waals surface area contributed by atoms with Crippen molar-refractivity contribution in [1.29, 1.82) is 0 Å². The number of rotatable bonds is 7. The summed E-state index contributed by atoms with van der Waals surface area (Å²) in [6.07, 6.45) is 3.88. The van der Waals surface area contributed by atoms with Crippen LogP contribution in [0, 0.1) is 0 Å². The van der Waals surface area contributed by atoms with E-state index >= 15 is 0 Å². The number of hydrogen-bond donors (Lipinski definition) is 1. The van der Waals surface area contributed by atoms with Crippen LogP contribution >= 0.6 is 11.6 Å². The molecule has 1 saturated heterocycles. The molecule has 1 aromatic heterocycles. The molecule has 7 nitrogen and oxygen atoms in total. The highest BCUT2D eigenvalue weighted by Gasteiger charge is 2.44. The molecular weight excluding hydrogens is 406 g/mol. The van der Waals surface area contributed by atoms with Gasteiger partial charge in [0, 0.05) is 30.9 Å². The minimum Gasteiger partial charge on any atom is -0.872 e. The number of methoxy groups -OCH3 is 1. The second kappa shape index (κ2) is 9.28. The number of nitrogens with zero attached hydrogens (tertiary/aromatic N) is 2. The fraction of sp³-hybridized carbons (Fsp3) is 0.318. The molecule has 1 N–H and O–H groups in total. The normalized spacial score (nSPS) is 18.3. The van der Waals surface area contributed by atoms with E-state index in [9.17, 15) is 14.7 Å². The predicted octanol–water partition coefficient (Wildman–Crippen LogP) is 0.502.